The summed E-state index contributed by atoms with van der Waals surface area (Å²) in [5, 5.41) is 0. The largest absolute Gasteiger partial charge is 0.0498 e. The third-order valence-electron chi connectivity index (χ3n) is 8.41. The Hall–Kier alpha value is 0. The minimum Gasteiger partial charge on any atom is -0.0498 e. The van der Waals surface area contributed by atoms with Gasteiger partial charge in [-0.15, -0.1) is 0 Å². The molecule has 7 bridgehead atoms. The van der Waals surface area contributed by atoms with Crippen molar-refractivity contribution in [2.24, 2.45) is 39.9 Å². The van der Waals surface area contributed by atoms with Gasteiger partial charge in [-0.1, -0.05) is 0 Å². The summed E-state index contributed by atoms with van der Waals surface area (Å²) in [6.07, 6.45) is 13.3. The molecule has 0 radical (unpaired) electrons. The summed E-state index contributed by atoms with van der Waals surface area (Å²) in [7, 11) is 0. The molecule has 0 aromatic heterocycles. The first-order valence-electron chi connectivity index (χ1n) is 7.29. The van der Waals surface area contributed by atoms with Crippen molar-refractivity contribution >= 4 is 0 Å². The highest BCUT2D eigenvalue weighted by Gasteiger charge is 2.87. The van der Waals surface area contributed by atoms with E-state index in [9.17, 15) is 0 Å². The Morgan fingerprint density at radius 3 is 2.93 bits per heavy atom. The molecule has 0 aliphatic heterocycles. The van der Waals surface area contributed by atoms with Gasteiger partial charge in [-0.05, 0) is 91.3 Å². The summed E-state index contributed by atoms with van der Waals surface area (Å²) in [4.78, 5) is 0. The SMILES string of the molecule is C1CC2C3CC45CCC6(CC1C3C24C6)C5. The van der Waals surface area contributed by atoms with E-state index in [-0.39, 0.29) is 0 Å². The number of hydrogen-bond donors (Lipinski definition) is 0. The second-order valence-electron chi connectivity index (χ2n) is 8.22. The highest BCUT2D eigenvalue weighted by atomic mass is 14.9. The zero-order chi connectivity index (χ0) is 9.47. The van der Waals surface area contributed by atoms with Gasteiger partial charge in [-0.2, -0.15) is 0 Å². The van der Waals surface area contributed by atoms with Gasteiger partial charge in [0.2, 0.25) is 0 Å². The monoisotopic (exact) mass is 200 g/mol. The molecular weight excluding hydrogens is 180 g/mol. The number of fused-ring (bicyclic) bond motifs is 1. The Balaban J connectivity index is 1.73. The van der Waals surface area contributed by atoms with Crippen LogP contribution in [0.2, 0.25) is 0 Å². The van der Waals surface area contributed by atoms with Crippen LogP contribution in [0, 0.1) is 39.9 Å². The first-order valence-corrected chi connectivity index (χ1v) is 7.29. The quantitative estimate of drug-likeness (QED) is 0.560. The van der Waals surface area contributed by atoms with Crippen LogP contribution in [0.4, 0.5) is 0 Å². The van der Waals surface area contributed by atoms with E-state index in [4.69, 9.17) is 0 Å². The van der Waals surface area contributed by atoms with E-state index in [0.717, 1.165) is 16.2 Å². The van der Waals surface area contributed by atoms with Crippen LogP contribution in [0.1, 0.15) is 51.4 Å². The molecule has 7 atom stereocenters. The van der Waals surface area contributed by atoms with Gasteiger partial charge in [-0.25, -0.2) is 0 Å². The Labute approximate surface area is 91.8 Å². The van der Waals surface area contributed by atoms with Gasteiger partial charge in [0, 0.05) is 0 Å². The average Bonchev–Trinajstić information content (AvgIpc) is 2.82. The number of rotatable bonds is 0. The average molecular weight is 200 g/mol. The topological polar surface area (TPSA) is 0 Å². The summed E-state index contributed by atoms with van der Waals surface area (Å²) >= 11 is 0. The lowest BCUT2D eigenvalue weighted by atomic mass is 9.36. The van der Waals surface area contributed by atoms with Crippen molar-refractivity contribution in [3.05, 3.63) is 0 Å². The van der Waals surface area contributed by atoms with Gasteiger partial charge in [0.25, 0.3) is 0 Å². The molecular formula is C15H20. The molecule has 0 N–H and O–H groups in total. The van der Waals surface area contributed by atoms with E-state index in [0.29, 0.717) is 0 Å². The van der Waals surface area contributed by atoms with Gasteiger partial charge < -0.3 is 0 Å². The van der Waals surface area contributed by atoms with E-state index in [1.54, 1.807) is 51.4 Å². The molecule has 0 heterocycles. The highest BCUT2D eigenvalue weighted by molar-refractivity contribution is 5.35. The summed E-state index contributed by atoms with van der Waals surface area (Å²) in [6.45, 7) is 0. The van der Waals surface area contributed by atoms with Crippen molar-refractivity contribution < 1.29 is 0 Å². The molecule has 0 saturated heterocycles. The molecule has 80 valence electrons. The van der Waals surface area contributed by atoms with Gasteiger partial charge in [0.05, 0.1) is 0 Å². The molecule has 15 heavy (non-hydrogen) atoms. The van der Waals surface area contributed by atoms with Crippen LogP contribution in [0.25, 0.3) is 0 Å². The third kappa shape index (κ3) is 0.449. The first-order chi connectivity index (χ1) is 7.29. The molecule has 8 aliphatic rings. The van der Waals surface area contributed by atoms with Crippen LogP contribution in [0.3, 0.4) is 0 Å². The van der Waals surface area contributed by atoms with Gasteiger partial charge >= 0.3 is 0 Å². The van der Waals surface area contributed by atoms with E-state index in [1.165, 1.54) is 23.7 Å². The molecule has 8 saturated carbocycles. The maximum atomic E-state index is 1.71. The minimum absolute atomic E-state index is 0.908. The molecule has 7 unspecified atom stereocenters. The standard InChI is InChI=1S/C15H20/c1-2-11-10-6-14-4-3-13(7-14)5-9(1)12(10)15(11,14)8-13/h9-12H,1-8H2. The number of hydrogen-bond acceptors (Lipinski definition) is 0. The van der Waals surface area contributed by atoms with Crippen molar-refractivity contribution in [3.63, 3.8) is 0 Å². The van der Waals surface area contributed by atoms with Gasteiger partial charge in [0.1, 0.15) is 0 Å². The molecule has 0 heteroatoms. The summed E-state index contributed by atoms with van der Waals surface area (Å²) in [5.74, 6) is 4.94. The zero-order valence-electron chi connectivity index (χ0n) is 9.47. The van der Waals surface area contributed by atoms with Crippen LogP contribution in [-0.2, 0) is 0 Å². The van der Waals surface area contributed by atoms with E-state index in [1.807, 2.05) is 0 Å². The van der Waals surface area contributed by atoms with Crippen molar-refractivity contribution in [1.82, 2.24) is 0 Å². The maximum absolute atomic E-state index is 1.71. The molecule has 0 aromatic carbocycles. The highest BCUT2D eigenvalue weighted by Crippen LogP contribution is 2.94. The smallest absolute Gasteiger partial charge is 0.0171 e. The fraction of sp³-hybridized carbons (Fsp3) is 1.00. The van der Waals surface area contributed by atoms with Crippen LogP contribution in [0.5, 0.6) is 0 Å². The Bertz CT molecular complexity index is 399. The van der Waals surface area contributed by atoms with Crippen LogP contribution < -0.4 is 0 Å². The molecule has 0 aromatic rings. The van der Waals surface area contributed by atoms with Crippen LogP contribution in [-0.4, -0.2) is 0 Å². The lowest BCUT2D eigenvalue weighted by Crippen LogP contribution is -2.63. The van der Waals surface area contributed by atoms with E-state index < -0.39 is 0 Å². The summed E-state index contributed by atoms with van der Waals surface area (Å²) in [5.41, 5.74) is 2.81. The van der Waals surface area contributed by atoms with Crippen molar-refractivity contribution in [1.29, 1.82) is 0 Å². The Morgan fingerprint density at radius 1 is 0.933 bits per heavy atom. The molecule has 3 spiro atoms. The Kier molecular flexibility index (Phi) is 0.803. The Morgan fingerprint density at radius 2 is 1.93 bits per heavy atom. The lowest BCUT2D eigenvalue weighted by Gasteiger charge is -2.69. The predicted molar refractivity (Wildman–Crippen MR) is 58.2 cm³/mol. The second-order valence-corrected chi connectivity index (χ2v) is 8.22. The minimum atomic E-state index is 0.908. The molecule has 0 amide bonds. The maximum Gasteiger partial charge on any atom is -0.0171 e. The molecule has 8 aliphatic carbocycles. The lowest BCUT2D eigenvalue weighted by molar-refractivity contribution is -0.207. The first kappa shape index (κ1) is 7.35. The van der Waals surface area contributed by atoms with Crippen molar-refractivity contribution in [3.8, 4) is 0 Å². The molecule has 8 fully saturated rings. The van der Waals surface area contributed by atoms with E-state index in [2.05, 4.69) is 0 Å². The summed E-state index contributed by atoms with van der Waals surface area (Å²) in [6, 6.07) is 0. The van der Waals surface area contributed by atoms with E-state index >= 15 is 0 Å². The van der Waals surface area contributed by atoms with Gasteiger partial charge in [0.15, 0.2) is 0 Å². The van der Waals surface area contributed by atoms with Crippen molar-refractivity contribution in [2.75, 3.05) is 0 Å². The normalized spacial score (nSPS) is 80.0. The second kappa shape index (κ2) is 1.64. The fourth-order valence-corrected chi connectivity index (χ4v) is 8.83. The van der Waals surface area contributed by atoms with Crippen LogP contribution in [0.15, 0.2) is 0 Å². The zero-order valence-corrected chi connectivity index (χ0v) is 9.47. The molecule has 8 rings (SSSR count). The predicted octanol–water partition coefficient (Wildman–Crippen LogP) is 3.61. The van der Waals surface area contributed by atoms with Gasteiger partial charge in [-0.3, -0.25) is 0 Å². The third-order valence-corrected chi connectivity index (χ3v) is 8.41. The van der Waals surface area contributed by atoms with Crippen LogP contribution >= 0.6 is 0 Å². The van der Waals surface area contributed by atoms with Crippen molar-refractivity contribution in [2.45, 2.75) is 51.4 Å². The molecule has 0 nitrogen and oxygen atoms in total. The fourth-order valence-electron chi connectivity index (χ4n) is 8.83. The summed E-state index contributed by atoms with van der Waals surface area (Å²) < 4.78 is 0.